The van der Waals surface area contributed by atoms with Gasteiger partial charge in [0.05, 0.1) is 19.3 Å². The van der Waals surface area contributed by atoms with Crippen molar-refractivity contribution in [3.8, 4) is 0 Å². The Balaban J connectivity index is 2.46. The van der Waals surface area contributed by atoms with Crippen LogP contribution >= 0.6 is 0 Å². The number of methoxy groups -OCH3 is 1. The van der Waals surface area contributed by atoms with Crippen LogP contribution in [0.5, 0.6) is 0 Å². The van der Waals surface area contributed by atoms with Crippen LogP contribution in [0.25, 0.3) is 0 Å². The Morgan fingerprint density at radius 2 is 2.45 bits per heavy atom. The topological polar surface area (TPSA) is 44.8 Å². The first-order valence-electron chi connectivity index (χ1n) is 3.22. The van der Waals surface area contributed by atoms with Crippen LogP contribution in [0.3, 0.4) is 0 Å². The molecule has 11 heavy (non-hydrogen) atoms. The fourth-order valence-corrected chi connectivity index (χ4v) is 0.797. The van der Waals surface area contributed by atoms with Gasteiger partial charge < -0.3 is 14.2 Å². The number of esters is 1. The molecule has 0 aliphatic carbocycles. The second-order valence-electron chi connectivity index (χ2n) is 2.16. The van der Waals surface area contributed by atoms with Gasteiger partial charge in [-0.1, -0.05) is 6.58 Å². The molecule has 0 aromatic heterocycles. The average Bonchev–Trinajstić information content (AvgIpc) is 2.53. The van der Waals surface area contributed by atoms with Gasteiger partial charge in [0.2, 0.25) is 0 Å². The predicted octanol–water partition coefficient (Wildman–Crippen LogP) is 0.0885. The van der Waals surface area contributed by atoms with E-state index in [1.54, 1.807) is 0 Å². The molecule has 0 amide bonds. The number of carbonyl (C=O) groups excluding carboxylic acids is 1. The maximum absolute atomic E-state index is 10.8. The van der Waals surface area contributed by atoms with E-state index in [1.807, 2.05) is 0 Å². The average molecular weight is 158 g/mol. The molecule has 4 nitrogen and oxygen atoms in total. The van der Waals surface area contributed by atoms with E-state index in [1.165, 1.54) is 7.11 Å². The Morgan fingerprint density at radius 3 is 2.91 bits per heavy atom. The number of hydrogen-bond donors (Lipinski definition) is 0. The normalized spacial score (nSPS) is 23.2. The lowest BCUT2D eigenvalue weighted by molar-refractivity contribution is -0.137. The van der Waals surface area contributed by atoms with Crippen molar-refractivity contribution in [3.05, 3.63) is 12.2 Å². The third kappa shape index (κ3) is 1.78. The van der Waals surface area contributed by atoms with Gasteiger partial charge in [0, 0.05) is 0 Å². The molecule has 0 bridgehead atoms. The summed E-state index contributed by atoms with van der Waals surface area (Å²) in [6.07, 6.45) is -0.331. The van der Waals surface area contributed by atoms with Crippen LogP contribution in [-0.4, -0.2) is 32.6 Å². The van der Waals surface area contributed by atoms with Crippen molar-refractivity contribution in [1.82, 2.24) is 0 Å². The van der Waals surface area contributed by atoms with E-state index >= 15 is 0 Å². The zero-order chi connectivity index (χ0) is 8.27. The minimum Gasteiger partial charge on any atom is -0.466 e. The summed E-state index contributed by atoms with van der Waals surface area (Å²) >= 11 is 0. The van der Waals surface area contributed by atoms with Crippen molar-refractivity contribution in [2.45, 2.75) is 6.10 Å². The molecule has 1 aliphatic heterocycles. The largest absolute Gasteiger partial charge is 0.466 e. The molecule has 0 saturated carbocycles. The van der Waals surface area contributed by atoms with Crippen LogP contribution in [-0.2, 0) is 19.0 Å². The van der Waals surface area contributed by atoms with Crippen molar-refractivity contribution < 1.29 is 19.0 Å². The summed E-state index contributed by atoms with van der Waals surface area (Å²) in [5.41, 5.74) is 0.310. The molecule has 0 aromatic carbocycles. The highest BCUT2D eigenvalue weighted by Crippen LogP contribution is 2.12. The molecule has 0 spiro atoms. The number of hydrogen-bond acceptors (Lipinski definition) is 4. The summed E-state index contributed by atoms with van der Waals surface area (Å²) in [5.74, 6) is -0.444. The molecule has 1 rings (SSSR count). The van der Waals surface area contributed by atoms with Crippen LogP contribution < -0.4 is 0 Å². The van der Waals surface area contributed by atoms with Gasteiger partial charge in [0.25, 0.3) is 0 Å². The zero-order valence-electron chi connectivity index (χ0n) is 6.33. The Kier molecular flexibility index (Phi) is 2.62. The lowest BCUT2D eigenvalue weighted by Gasteiger charge is -2.07. The highest BCUT2D eigenvalue weighted by molar-refractivity contribution is 5.88. The molecule has 1 unspecified atom stereocenters. The van der Waals surface area contributed by atoms with E-state index in [9.17, 15) is 4.79 Å². The molecule has 0 aromatic rings. The standard InChI is InChI=1S/C7H10O4/c1-5(7(8)9-2)6-3-10-4-11-6/h6H,1,3-4H2,2H3. The molecule has 1 atom stereocenters. The van der Waals surface area contributed by atoms with Crippen LogP contribution in [0.15, 0.2) is 12.2 Å². The Labute approximate surface area is 64.7 Å². The van der Waals surface area contributed by atoms with E-state index in [0.29, 0.717) is 12.2 Å². The maximum Gasteiger partial charge on any atom is 0.335 e. The molecule has 4 heteroatoms. The van der Waals surface area contributed by atoms with Crippen LogP contribution in [0.4, 0.5) is 0 Å². The van der Waals surface area contributed by atoms with Crippen molar-refractivity contribution in [1.29, 1.82) is 0 Å². The first kappa shape index (κ1) is 8.23. The Morgan fingerprint density at radius 1 is 1.73 bits per heavy atom. The first-order valence-corrected chi connectivity index (χ1v) is 3.22. The van der Waals surface area contributed by atoms with Gasteiger partial charge >= 0.3 is 5.97 Å². The molecule has 62 valence electrons. The van der Waals surface area contributed by atoms with E-state index in [4.69, 9.17) is 9.47 Å². The van der Waals surface area contributed by atoms with Crippen LogP contribution in [0, 0.1) is 0 Å². The van der Waals surface area contributed by atoms with Crippen molar-refractivity contribution in [3.63, 3.8) is 0 Å². The molecule has 1 heterocycles. The molecule has 1 saturated heterocycles. The fraction of sp³-hybridized carbons (Fsp3) is 0.571. The van der Waals surface area contributed by atoms with Crippen LogP contribution in [0.1, 0.15) is 0 Å². The number of carbonyl (C=O) groups is 1. The fourth-order valence-electron chi connectivity index (χ4n) is 0.797. The molecule has 1 fully saturated rings. The summed E-state index contributed by atoms with van der Waals surface area (Å²) in [5, 5.41) is 0. The van der Waals surface area contributed by atoms with E-state index in [2.05, 4.69) is 11.3 Å². The summed E-state index contributed by atoms with van der Waals surface area (Å²) in [4.78, 5) is 10.8. The van der Waals surface area contributed by atoms with Gasteiger partial charge in [-0.2, -0.15) is 0 Å². The van der Waals surface area contributed by atoms with Gasteiger partial charge in [-0.05, 0) is 0 Å². The number of rotatable bonds is 2. The zero-order valence-corrected chi connectivity index (χ0v) is 6.33. The molecule has 0 N–H and O–H groups in total. The van der Waals surface area contributed by atoms with Crippen molar-refractivity contribution in [2.24, 2.45) is 0 Å². The first-order chi connectivity index (χ1) is 5.25. The second-order valence-corrected chi connectivity index (χ2v) is 2.16. The summed E-state index contributed by atoms with van der Waals surface area (Å²) in [6.45, 7) is 4.13. The van der Waals surface area contributed by atoms with Crippen molar-refractivity contribution >= 4 is 5.97 Å². The smallest absolute Gasteiger partial charge is 0.335 e. The van der Waals surface area contributed by atoms with E-state index < -0.39 is 5.97 Å². The quantitative estimate of drug-likeness (QED) is 0.422. The predicted molar refractivity (Wildman–Crippen MR) is 36.8 cm³/mol. The lowest BCUT2D eigenvalue weighted by Crippen LogP contribution is -2.20. The SMILES string of the molecule is C=C(C(=O)OC)C1COCO1. The maximum atomic E-state index is 10.8. The third-order valence-electron chi connectivity index (χ3n) is 1.46. The van der Waals surface area contributed by atoms with Gasteiger partial charge in [-0.25, -0.2) is 4.79 Å². The van der Waals surface area contributed by atoms with Gasteiger partial charge in [0.1, 0.15) is 12.9 Å². The summed E-state index contributed by atoms with van der Waals surface area (Å²) in [7, 11) is 1.31. The molecular weight excluding hydrogens is 148 g/mol. The Bertz CT molecular complexity index is 169. The minimum absolute atomic E-state index is 0.223. The molecular formula is C7H10O4. The number of ether oxygens (including phenoxy) is 3. The van der Waals surface area contributed by atoms with Crippen LogP contribution in [0.2, 0.25) is 0 Å². The third-order valence-corrected chi connectivity index (χ3v) is 1.46. The summed E-state index contributed by atoms with van der Waals surface area (Å²) < 4.78 is 14.3. The van der Waals surface area contributed by atoms with E-state index in [0.717, 1.165) is 0 Å². The van der Waals surface area contributed by atoms with Gasteiger partial charge in [-0.3, -0.25) is 0 Å². The summed E-state index contributed by atoms with van der Waals surface area (Å²) in [6, 6.07) is 0. The highest BCUT2D eigenvalue weighted by atomic mass is 16.7. The molecule has 1 aliphatic rings. The van der Waals surface area contributed by atoms with Gasteiger partial charge in [-0.15, -0.1) is 0 Å². The monoisotopic (exact) mass is 158 g/mol. The van der Waals surface area contributed by atoms with Crippen molar-refractivity contribution in [2.75, 3.05) is 20.5 Å². The minimum atomic E-state index is -0.444. The van der Waals surface area contributed by atoms with E-state index in [-0.39, 0.29) is 12.9 Å². The highest BCUT2D eigenvalue weighted by Gasteiger charge is 2.24. The lowest BCUT2D eigenvalue weighted by atomic mass is 10.2. The molecule has 0 radical (unpaired) electrons. The second kappa shape index (κ2) is 3.50. The van der Waals surface area contributed by atoms with Gasteiger partial charge in [0.15, 0.2) is 0 Å². The Hall–Kier alpha value is -0.870.